The Kier molecular flexibility index (Phi) is 3.95. The first kappa shape index (κ1) is 15.8. The van der Waals surface area contributed by atoms with Gasteiger partial charge in [0.15, 0.2) is 16.9 Å². The molecule has 10 heteroatoms. The number of fused-ring (bicyclic) bond motifs is 1. The van der Waals surface area contributed by atoms with Crippen LogP contribution in [-0.4, -0.2) is 64.1 Å². The third kappa shape index (κ3) is 2.38. The highest BCUT2D eigenvalue weighted by Crippen LogP contribution is 2.44. The van der Waals surface area contributed by atoms with Crippen LogP contribution >= 0.6 is 11.8 Å². The van der Waals surface area contributed by atoms with Crippen molar-refractivity contribution < 1.29 is 32.5 Å². The second kappa shape index (κ2) is 5.00. The van der Waals surface area contributed by atoms with Crippen LogP contribution in [0.5, 0.6) is 0 Å². The van der Waals surface area contributed by atoms with Crippen molar-refractivity contribution in [3.8, 4) is 0 Å². The molecule has 1 fully saturated rings. The fourth-order valence-corrected chi connectivity index (χ4v) is 3.13. The van der Waals surface area contributed by atoms with Crippen LogP contribution < -0.4 is 5.32 Å². The predicted molar refractivity (Wildman–Crippen MR) is 64.1 cm³/mol. The van der Waals surface area contributed by atoms with Crippen molar-refractivity contribution in [3.63, 3.8) is 0 Å². The van der Waals surface area contributed by atoms with E-state index >= 15 is 0 Å². The Balaban J connectivity index is 2.24. The van der Waals surface area contributed by atoms with Gasteiger partial charge in [0.05, 0.1) is 0 Å². The summed E-state index contributed by atoms with van der Waals surface area (Å²) in [6, 6.07) is -1.10. The molecule has 0 aromatic carbocycles. The summed E-state index contributed by atoms with van der Waals surface area (Å²) in [6.45, 7) is 0.452. The second-order valence-corrected chi connectivity index (χ2v) is 5.89. The SMILES string of the molecule is CNC1=N[C@@H]2[C@H](F)[C@H](O)[C@@H]([C@](C)(O)C(F)(F)F)O[C@@H]2S1. The topological polar surface area (TPSA) is 74.1 Å². The molecule has 0 unspecified atom stereocenters. The molecule has 0 aromatic rings. The van der Waals surface area contributed by atoms with Crippen LogP contribution in [0.25, 0.3) is 0 Å². The Morgan fingerprint density at radius 3 is 2.50 bits per heavy atom. The highest BCUT2D eigenvalue weighted by atomic mass is 32.2. The first-order valence-electron chi connectivity index (χ1n) is 5.78. The number of rotatable bonds is 1. The minimum absolute atomic E-state index is 0.308. The van der Waals surface area contributed by atoms with Crippen molar-refractivity contribution in [1.29, 1.82) is 0 Å². The van der Waals surface area contributed by atoms with Gasteiger partial charge in [-0.25, -0.2) is 4.39 Å². The maximum atomic E-state index is 14.1. The van der Waals surface area contributed by atoms with Gasteiger partial charge in [0.1, 0.15) is 23.7 Å². The van der Waals surface area contributed by atoms with Crippen LogP contribution in [0.1, 0.15) is 6.92 Å². The van der Waals surface area contributed by atoms with Crippen molar-refractivity contribution >= 4 is 16.9 Å². The van der Waals surface area contributed by atoms with Gasteiger partial charge >= 0.3 is 6.18 Å². The van der Waals surface area contributed by atoms with Crippen LogP contribution in [-0.2, 0) is 4.74 Å². The van der Waals surface area contributed by atoms with Crippen molar-refractivity contribution in [2.75, 3.05) is 7.05 Å². The molecule has 20 heavy (non-hydrogen) atoms. The van der Waals surface area contributed by atoms with Gasteiger partial charge in [-0.05, 0) is 6.92 Å². The van der Waals surface area contributed by atoms with E-state index in [1.165, 1.54) is 7.05 Å². The first-order chi connectivity index (χ1) is 9.09. The molecule has 0 amide bonds. The highest BCUT2D eigenvalue weighted by Gasteiger charge is 2.63. The van der Waals surface area contributed by atoms with Crippen LogP contribution in [0.2, 0.25) is 0 Å². The number of halogens is 4. The van der Waals surface area contributed by atoms with Crippen molar-refractivity contribution in [3.05, 3.63) is 0 Å². The standard InChI is InChI=1S/C10H14F4N2O3S/c1-9(18,10(12,13)14)6-5(17)3(11)4-7(19-6)20-8(15-2)16-4/h3-7,17-18H,1-2H3,(H,15,16)/t3-,4+,5-,6-,7+,9-/m0/s1. The lowest BCUT2D eigenvalue weighted by Crippen LogP contribution is -2.65. The van der Waals surface area contributed by atoms with E-state index in [9.17, 15) is 27.8 Å². The fraction of sp³-hybridized carbons (Fsp3) is 0.900. The van der Waals surface area contributed by atoms with Crippen LogP contribution in [0.4, 0.5) is 17.6 Å². The van der Waals surface area contributed by atoms with E-state index in [0.717, 1.165) is 11.8 Å². The lowest BCUT2D eigenvalue weighted by molar-refractivity contribution is -0.314. The Morgan fingerprint density at radius 2 is 2.00 bits per heavy atom. The van der Waals surface area contributed by atoms with E-state index in [1.54, 1.807) is 0 Å². The van der Waals surface area contributed by atoms with E-state index in [-0.39, 0.29) is 0 Å². The van der Waals surface area contributed by atoms with Crippen molar-refractivity contribution in [2.45, 2.75) is 48.6 Å². The molecule has 5 nitrogen and oxygen atoms in total. The summed E-state index contributed by atoms with van der Waals surface area (Å²) in [5.74, 6) is 0. The smallest absolute Gasteiger partial charge is 0.387 e. The molecular formula is C10H14F4N2O3S. The summed E-state index contributed by atoms with van der Waals surface area (Å²) in [5, 5.41) is 22.2. The number of ether oxygens (including phenoxy) is 1. The van der Waals surface area contributed by atoms with E-state index in [4.69, 9.17) is 4.74 Å². The summed E-state index contributed by atoms with van der Waals surface area (Å²) >= 11 is 0.918. The van der Waals surface area contributed by atoms with E-state index in [1.807, 2.05) is 0 Å². The molecule has 116 valence electrons. The molecule has 6 atom stereocenters. The van der Waals surface area contributed by atoms with Gasteiger partial charge in [-0.3, -0.25) is 4.99 Å². The number of nitrogens with zero attached hydrogens (tertiary/aromatic N) is 1. The third-order valence-electron chi connectivity index (χ3n) is 3.36. The predicted octanol–water partition coefficient (Wildman–Crippen LogP) is 0.414. The average molecular weight is 318 g/mol. The van der Waals surface area contributed by atoms with Gasteiger partial charge in [-0.2, -0.15) is 13.2 Å². The van der Waals surface area contributed by atoms with Gasteiger partial charge in [0.2, 0.25) is 0 Å². The van der Waals surface area contributed by atoms with Gasteiger partial charge in [0.25, 0.3) is 0 Å². The number of aliphatic hydroxyl groups is 2. The van der Waals surface area contributed by atoms with Crippen molar-refractivity contribution in [1.82, 2.24) is 5.32 Å². The molecule has 0 spiro atoms. The molecule has 2 aliphatic rings. The number of hydrogen-bond acceptors (Lipinski definition) is 6. The molecular weight excluding hydrogens is 304 g/mol. The largest absolute Gasteiger partial charge is 0.419 e. The summed E-state index contributed by atoms with van der Waals surface area (Å²) in [5.41, 5.74) is -4.38. The molecule has 2 rings (SSSR count). The molecule has 3 N–H and O–H groups in total. The zero-order chi connectivity index (χ0) is 15.3. The molecule has 0 aliphatic carbocycles. The average Bonchev–Trinajstić information content (AvgIpc) is 2.75. The number of hydrogen-bond donors (Lipinski definition) is 3. The Morgan fingerprint density at radius 1 is 1.40 bits per heavy atom. The van der Waals surface area contributed by atoms with E-state index < -0.39 is 41.6 Å². The molecule has 0 bridgehead atoms. The minimum Gasteiger partial charge on any atom is -0.387 e. The number of thioether (sulfide) groups is 1. The molecule has 2 heterocycles. The zero-order valence-electron chi connectivity index (χ0n) is 10.6. The molecule has 0 radical (unpaired) electrons. The normalized spacial score (nSPS) is 40.8. The van der Waals surface area contributed by atoms with Crippen molar-refractivity contribution in [2.24, 2.45) is 4.99 Å². The molecule has 1 saturated heterocycles. The van der Waals surface area contributed by atoms with Crippen LogP contribution in [0, 0.1) is 0 Å². The summed E-state index contributed by atoms with van der Waals surface area (Å²) < 4.78 is 57.5. The zero-order valence-corrected chi connectivity index (χ0v) is 11.4. The van der Waals surface area contributed by atoms with Crippen LogP contribution in [0.15, 0.2) is 4.99 Å². The van der Waals surface area contributed by atoms with Gasteiger partial charge in [0, 0.05) is 7.05 Å². The molecule has 0 aromatic heterocycles. The lowest BCUT2D eigenvalue weighted by Gasteiger charge is -2.43. The third-order valence-corrected chi connectivity index (χ3v) is 4.51. The number of nitrogens with one attached hydrogen (secondary N) is 1. The first-order valence-corrected chi connectivity index (χ1v) is 6.66. The maximum Gasteiger partial charge on any atom is 0.419 e. The summed E-state index contributed by atoms with van der Waals surface area (Å²) in [6.07, 6.45) is -11.3. The Hall–Kier alpha value is -0.580. The maximum absolute atomic E-state index is 14.1. The second-order valence-electron chi connectivity index (χ2n) is 4.80. The number of amidine groups is 1. The summed E-state index contributed by atoms with van der Waals surface area (Å²) in [7, 11) is 1.52. The van der Waals surface area contributed by atoms with Crippen LogP contribution in [0.3, 0.4) is 0 Å². The fourth-order valence-electron chi connectivity index (χ4n) is 2.08. The summed E-state index contributed by atoms with van der Waals surface area (Å²) in [4.78, 5) is 3.88. The number of alkyl halides is 4. The lowest BCUT2D eigenvalue weighted by atomic mass is 9.87. The number of aliphatic imine (C=N–C) groups is 1. The van der Waals surface area contributed by atoms with E-state index in [2.05, 4.69) is 10.3 Å². The Labute approximate surface area is 116 Å². The van der Waals surface area contributed by atoms with Gasteiger partial charge in [-0.15, -0.1) is 0 Å². The van der Waals surface area contributed by atoms with Gasteiger partial charge in [-0.1, -0.05) is 11.8 Å². The quantitative estimate of drug-likeness (QED) is 0.611. The minimum atomic E-state index is -5.05. The molecule has 2 aliphatic heterocycles. The Bertz CT molecular complexity index is 418. The highest BCUT2D eigenvalue weighted by molar-refractivity contribution is 8.14. The van der Waals surface area contributed by atoms with Gasteiger partial charge < -0.3 is 20.3 Å². The number of aliphatic hydroxyl groups excluding tert-OH is 1. The molecule has 0 saturated carbocycles. The monoisotopic (exact) mass is 318 g/mol. The van der Waals surface area contributed by atoms with E-state index in [0.29, 0.717) is 12.1 Å².